The normalized spacial score (nSPS) is 11.1. The van der Waals surface area contributed by atoms with Crippen molar-refractivity contribution < 1.29 is 9.53 Å². The number of hydrogen-bond acceptors (Lipinski definition) is 7. The van der Waals surface area contributed by atoms with Crippen LogP contribution in [0.4, 0.5) is 5.69 Å². The number of carbonyl (C=O) groups excluding carboxylic acids is 1. The van der Waals surface area contributed by atoms with Gasteiger partial charge in [-0.15, -0.1) is 21.5 Å². The number of ether oxygens (including phenoxy) is 1. The van der Waals surface area contributed by atoms with Crippen molar-refractivity contribution in [3.63, 3.8) is 0 Å². The van der Waals surface area contributed by atoms with Crippen molar-refractivity contribution in [2.45, 2.75) is 31.8 Å². The molecule has 0 saturated carbocycles. The second kappa shape index (κ2) is 11.8. The van der Waals surface area contributed by atoms with E-state index in [2.05, 4.69) is 47.6 Å². The zero-order valence-corrected chi connectivity index (χ0v) is 23.2. The molecule has 0 fully saturated rings. The zero-order chi connectivity index (χ0) is 26.5. The number of aromatic nitrogens is 4. The maximum absolute atomic E-state index is 12.6. The fourth-order valence-electron chi connectivity index (χ4n) is 3.91. The van der Waals surface area contributed by atoms with Gasteiger partial charge >= 0.3 is 0 Å². The number of benzene rings is 3. The summed E-state index contributed by atoms with van der Waals surface area (Å²) in [6.07, 6.45) is 2.14. The third-order valence-corrected chi connectivity index (χ3v) is 8.09. The van der Waals surface area contributed by atoms with Crippen LogP contribution in [0.25, 0.3) is 32.2 Å². The molecular weight excluding hydrogens is 514 g/mol. The molecule has 1 N–H and O–H groups in total. The van der Waals surface area contributed by atoms with Crippen LogP contribution >= 0.6 is 23.1 Å². The first-order valence-electron chi connectivity index (χ1n) is 12.5. The van der Waals surface area contributed by atoms with Crippen LogP contribution in [0, 0.1) is 6.92 Å². The minimum atomic E-state index is -0.101. The van der Waals surface area contributed by atoms with Crippen molar-refractivity contribution >= 4 is 44.9 Å². The third-order valence-electron chi connectivity index (χ3n) is 6.01. The van der Waals surface area contributed by atoms with Crippen LogP contribution in [0.1, 0.15) is 25.3 Å². The average molecular weight is 544 g/mol. The molecule has 0 radical (unpaired) electrons. The monoisotopic (exact) mass is 543 g/mol. The summed E-state index contributed by atoms with van der Waals surface area (Å²) >= 11 is 3.03. The molecule has 1 amide bonds. The molecule has 5 rings (SSSR count). The second-order valence-corrected chi connectivity index (χ2v) is 11.0. The number of fused-ring (bicyclic) bond motifs is 1. The van der Waals surface area contributed by atoms with Gasteiger partial charge in [0.25, 0.3) is 0 Å². The molecule has 0 aliphatic rings. The Morgan fingerprint density at radius 1 is 1.03 bits per heavy atom. The summed E-state index contributed by atoms with van der Waals surface area (Å²) in [6.45, 7) is 4.94. The van der Waals surface area contributed by atoms with Crippen LogP contribution in [0.5, 0.6) is 5.75 Å². The number of anilines is 1. The van der Waals surface area contributed by atoms with E-state index < -0.39 is 0 Å². The summed E-state index contributed by atoms with van der Waals surface area (Å²) in [7, 11) is 1.91. The lowest BCUT2D eigenvalue weighted by Gasteiger charge is -2.07. The van der Waals surface area contributed by atoms with Crippen molar-refractivity contribution in [1.82, 2.24) is 19.7 Å². The molecule has 0 spiro atoms. The van der Waals surface area contributed by atoms with Crippen LogP contribution < -0.4 is 10.1 Å². The van der Waals surface area contributed by atoms with E-state index in [1.165, 1.54) is 22.0 Å². The highest BCUT2D eigenvalue weighted by molar-refractivity contribution is 7.99. The Labute approximate surface area is 230 Å². The Kier molecular flexibility index (Phi) is 8.05. The Bertz CT molecular complexity index is 1540. The summed E-state index contributed by atoms with van der Waals surface area (Å²) in [4.78, 5) is 17.3. The number of unbranched alkanes of at least 4 members (excludes halogenated alkanes) is 1. The van der Waals surface area contributed by atoms with Gasteiger partial charge < -0.3 is 14.6 Å². The average Bonchev–Trinajstić information content (AvgIpc) is 3.51. The van der Waals surface area contributed by atoms with E-state index in [-0.39, 0.29) is 11.7 Å². The highest BCUT2D eigenvalue weighted by Gasteiger charge is 2.14. The van der Waals surface area contributed by atoms with Gasteiger partial charge in [0.1, 0.15) is 10.8 Å². The molecule has 5 aromatic rings. The summed E-state index contributed by atoms with van der Waals surface area (Å²) in [5.74, 6) is 1.72. The number of carbonyl (C=O) groups is 1. The Balaban J connectivity index is 1.16. The van der Waals surface area contributed by atoms with E-state index in [1.807, 2.05) is 60.1 Å². The highest BCUT2D eigenvalue weighted by atomic mass is 32.2. The lowest BCUT2D eigenvalue weighted by molar-refractivity contribution is -0.113. The Morgan fingerprint density at radius 2 is 1.79 bits per heavy atom. The molecule has 0 bridgehead atoms. The summed E-state index contributed by atoms with van der Waals surface area (Å²) < 4.78 is 8.82. The third kappa shape index (κ3) is 6.06. The molecule has 0 atom stereocenters. The molecule has 38 heavy (non-hydrogen) atoms. The van der Waals surface area contributed by atoms with E-state index in [9.17, 15) is 4.79 Å². The Hall–Kier alpha value is -3.69. The summed E-state index contributed by atoms with van der Waals surface area (Å²) in [5.41, 5.74) is 4.95. The first-order valence-corrected chi connectivity index (χ1v) is 14.3. The minimum absolute atomic E-state index is 0.101. The number of amides is 1. The molecule has 0 saturated heterocycles. The van der Waals surface area contributed by atoms with Crippen LogP contribution in [-0.4, -0.2) is 38.0 Å². The predicted octanol–water partition coefficient (Wildman–Crippen LogP) is 6.98. The fraction of sp³-hybridized carbons (Fsp3) is 0.241. The SMILES string of the molecule is CCCCOc1ccc(-c2nnc(SCC(=O)Nc3ccc(-c4nc5ccc(C)cc5s4)cc3)n2C)cc1. The minimum Gasteiger partial charge on any atom is -0.494 e. The highest BCUT2D eigenvalue weighted by Crippen LogP contribution is 2.31. The number of thiazole rings is 1. The van der Waals surface area contributed by atoms with Crippen molar-refractivity contribution in [2.24, 2.45) is 7.05 Å². The first kappa shape index (κ1) is 25.9. The van der Waals surface area contributed by atoms with E-state index in [0.717, 1.165) is 58.4 Å². The largest absolute Gasteiger partial charge is 0.494 e. The van der Waals surface area contributed by atoms with Gasteiger partial charge in [-0.3, -0.25) is 4.79 Å². The van der Waals surface area contributed by atoms with Gasteiger partial charge in [0.05, 0.1) is 22.6 Å². The molecule has 2 aromatic heterocycles. The van der Waals surface area contributed by atoms with Crippen LogP contribution in [-0.2, 0) is 11.8 Å². The van der Waals surface area contributed by atoms with Crippen molar-refractivity contribution in [3.05, 3.63) is 72.3 Å². The maximum atomic E-state index is 12.6. The number of hydrogen-bond donors (Lipinski definition) is 1. The van der Waals surface area contributed by atoms with Crippen LogP contribution in [0.2, 0.25) is 0 Å². The Morgan fingerprint density at radius 3 is 2.55 bits per heavy atom. The first-order chi connectivity index (χ1) is 18.5. The van der Waals surface area contributed by atoms with E-state index >= 15 is 0 Å². The van der Waals surface area contributed by atoms with Gasteiger partial charge in [-0.1, -0.05) is 31.2 Å². The molecule has 9 heteroatoms. The number of rotatable bonds is 10. The topological polar surface area (TPSA) is 81.9 Å². The molecule has 194 valence electrons. The lowest BCUT2D eigenvalue weighted by Crippen LogP contribution is -2.14. The number of thioether (sulfide) groups is 1. The van der Waals surface area contributed by atoms with Crippen molar-refractivity contribution in [2.75, 3.05) is 17.7 Å². The van der Waals surface area contributed by atoms with Gasteiger partial charge in [0, 0.05) is 23.9 Å². The predicted molar refractivity (Wildman–Crippen MR) is 156 cm³/mol. The van der Waals surface area contributed by atoms with Crippen LogP contribution in [0.15, 0.2) is 71.9 Å². The lowest BCUT2D eigenvalue weighted by atomic mass is 10.2. The standard InChI is InChI=1S/C29H29N5O2S2/c1-4-5-16-36-23-13-9-20(10-14-23)27-32-33-29(34(27)3)37-18-26(35)30-22-11-7-21(8-12-22)28-31-24-15-6-19(2)17-25(24)38-28/h6-15,17H,4-5,16,18H2,1-3H3,(H,30,35). The van der Waals surface area contributed by atoms with E-state index in [1.54, 1.807) is 11.3 Å². The number of nitrogens with one attached hydrogen (secondary N) is 1. The van der Waals surface area contributed by atoms with Crippen molar-refractivity contribution in [3.8, 4) is 27.7 Å². The van der Waals surface area contributed by atoms with Gasteiger partial charge in [-0.25, -0.2) is 4.98 Å². The second-order valence-electron chi connectivity index (χ2n) is 9.00. The summed E-state index contributed by atoms with van der Waals surface area (Å²) in [5, 5.41) is 13.2. The summed E-state index contributed by atoms with van der Waals surface area (Å²) in [6, 6.07) is 21.9. The molecule has 2 heterocycles. The van der Waals surface area contributed by atoms with E-state index in [4.69, 9.17) is 9.72 Å². The number of nitrogens with zero attached hydrogens (tertiary/aromatic N) is 4. The fourth-order valence-corrected chi connectivity index (χ4v) is 5.69. The van der Waals surface area contributed by atoms with Gasteiger partial charge in [0.2, 0.25) is 5.91 Å². The smallest absolute Gasteiger partial charge is 0.234 e. The molecule has 0 aliphatic carbocycles. The number of aryl methyl sites for hydroxylation is 1. The quantitative estimate of drug-likeness (QED) is 0.151. The van der Waals surface area contributed by atoms with Crippen LogP contribution in [0.3, 0.4) is 0 Å². The zero-order valence-electron chi connectivity index (χ0n) is 21.6. The molecule has 7 nitrogen and oxygen atoms in total. The van der Waals surface area contributed by atoms with E-state index in [0.29, 0.717) is 5.16 Å². The maximum Gasteiger partial charge on any atom is 0.234 e. The van der Waals surface area contributed by atoms with Gasteiger partial charge in [-0.2, -0.15) is 0 Å². The molecule has 0 unspecified atom stereocenters. The molecule has 3 aromatic carbocycles. The van der Waals surface area contributed by atoms with Crippen molar-refractivity contribution in [1.29, 1.82) is 0 Å². The van der Waals surface area contributed by atoms with Gasteiger partial charge in [0.15, 0.2) is 11.0 Å². The molecule has 0 aliphatic heterocycles. The van der Waals surface area contributed by atoms with Gasteiger partial charge in [-0.05, 0) is 79.6 Å². The molecular formula is C29H29N5O2S2.